The number of esters is 1. The van der Waals surface area contributed by atoms with E-state index in [-0.39, 0.29) is 43.8 Å². The van der Waals surface area contributed by atoms with E-state index in [1.54, 1.807) is 24.3 Å². The van der Waals surface area contributed by atoms with Crippen LogP contribution in [0, 0.1) is 0 Å². The highest BCUT2D eigenvalue weighted by Gasteiger charge is 2.22. The first-order chi connectivity index (χ1) is 15.4. The minimum absolute atomic E-state index is 0.0216. The second-order valence-corrected chi connectivity index (χ2v) is 7.67. The molecule has 0 saturated heterocycles. The van der Waals surface area contributed by atoms with Crippen LogP contribution in [0.5, 0.6) is 23.0 Å². The molecule has 4 aromatic rings. The number of carbonyl (C=O) groups is 1. The standard InChI is InChI=1S/C23H13Cl3O6/c1-29-22-16(26)9-8-15(25)20(22)23(28)31-12-6-7-13-18(10-12)30-11-19(21(13)27)32-17-5-3-2-4-14(17)24/h2-11H,1H3. The summed E-state index contributed by atoms with van der Waals surface area (Å²) < 4.78 is 21.7. The van der Waals surface area contributed by atoms with Crippen LogP contribution in [0.3, 0.4) is 0 Å². The molecule has 9 heteroatoms. The van der Waals surface area contributed by atoms with Crippen LogP contribution in [0.4, 0.5) is 0 Å². The molecule has 0 atom stereocenters. The predicted octanol–water partition coefficient (Wildman–Crippen LogP) is 6.77. The highest BCUT2D eigenvalue weighted by Crippen LogP contribution is 2.35. The van der Waals surface area contributed by atoms with Crippen molar-refractivity contribution < 1.29 is 23.4 Å². The molecule has 4 rings (SSSR count). The number of halogens is 3. The van der Waals surface area contributed by atoms with Crippen LogP contribution >= 0.6 is 34.8 Å². The maximum absolute atomic E-state index is 12.8. The molecule has 32 heavy (non-hydrogen) atoms. The molecule has 1 aromatic heterocycles. The van der Waals surface area contributed by atoms with Gasteiger partial charge < -0.3 is 18.6 Å². The van der Waals surface area contributed by atoms with Crippen molar-refractivity contribution in [3.8, 4) is 23.0 Å². The summed E-state index contributed by atoms with van der Waals surface area (Å²) in [6, 6.07) is 14.0. The first-order valence-corrected chi connectivity index (χ1v) is 10.2. The van der Waals surface area contributed by atoms with Gasteiger partial charge in [0.05, 0.1) is 27.6 Å². The third-order valence-corrected chi connectivity index (χ3v) is 5.37. The monoisotopic (exact) mass is 490 g/mol. The van der Waals surface area contributed by atoms with Gasteiger partial charge in [0.2, 0.25) is 11.2 Å². The Bertz CT molecular complexity index is 1400. The molecule has 0 radical (unpaired) electrons. The average molecular weight is 492 g/mol. The summed E-state index contributed by atoms with van der Waals surface area (Å²) in [4.78, 5) is 25.5. The van der Waals surface area contributed by atoms with Crippen molar-refractivity contribution in [2.45, 2.75) is 0 Å². The zero-order valence-corrected chi connectivity index (χ0v) is 18.6. The number of hydrogen-bond donors (Lipinski definition) is 0. The topological polar surface area (TPSA) is 75.0 Å². The van der Waals surface area contributed by atoms with Crippen molar-refractivity contribution in [1.29, 1.82) is 0 Å². The average Bonchev–Trinajstić information content (AvgIpc) is 2.78. The van der Waals surface area contributed by atoms with Gasteiger partial charge in [-0.25, -0.2) is 4.79 Å². The lowest BCUT2D eigenvalue weighted by atomic mass is 10.2. The van der Waals surface area contributed by atoms with Gasteiger partial charge in [0, 0.05) is 6.07 Å². The second-order valence-electron chi connectivity index (χ2n) is 6.45. The van der Waals surface area contributed by atoms with E-state index in [0.29, 0.717) is 10.8 Å². The fraction of sp³-hybridized carbons (Fsp3) is 0.0435. The highest BCUT2D eigenvalue weighted by molar-refractivity contribution is 6.37. The molecular weight excluding hydrogens is 479 g/mol. The minimum atomic E-state index is -0.783. The van der Waals surface area contributed by atoms with Crippen LogP contribution in [0.1, 0.15) is 10.4 Å². The fourth-order valence-electron chi connectivity index (χ4n) is 2.95. The Kier molecular flexibility index (Phi) is 6.28. The highest BCUT2D eigenvalue weighted by atomic mass is 35.5. The van der Waals surface area contributed by atoms with E-state index in [1.165, 1.54) is 37.4 Å². The van der Waals surface area contributed by atoms with Gasteiger partial charge >= 0.3 is 5.97 Å². The van der Waals surface area contributed by atoms with Crippen LogP contribution in [0.15, 0.2) is 70.1 Å². The quantitative estimate of drug-likeness (QED) is 0.226. The Labute approximate surface area is 196 Å². The van der Waals surface area contributed by atoms with Crippen molar-refractivity contribution in [3.63, 3.8) is 0 Å². The first-order valence-electron chi connectivity index (χ1n) is 9.11. The van der Waals surface area contributed by atoms with Crippen LogP contribution in [-0.2, 0) is 0 Å². The molecule has 0 aliphatic heterocycles. The molecule has 0 spiro atoms. The minimum Gasteiger partial charge on any atom is -0.494 e. The van der Waals surface area contributed by atoms with Gasteiger partial charge in [0.1, 0.15) is 28.9 Å². The van der Waals surface area contributed by atoms with E-state index in [0.717, 1.165) is 6.26 Å². The van der Waals surface area contributed by atoms with Crippen molar-refractivity contribution in [2.75, 3.05) is 7.11 Å². The molecule has 3 aromatic carbocycles. The van der Waals surface area contributed by atoms with Gasteiger partial charge in [-0.05, 0) is 36.4 Å². The molecule has 162 valence electrons. The molecular formula is C23H13Cl3O6. The number of fused-ring (bicyclic) bond motifs is 1. The van der Waals surface area contributed by atoms with Crippen molar-refractivity contribution in [2.24, 2.45) is 0 Å². The normalized spacial score (nSPS) is 10.8. The Morgan fingerprint density at radius 3 is 2.41 bits per heavy atom. The van der Waals surface area contributed by atoms with Gasteiger partial charge in [-0.3, -0.25) is 4.79 Å². The first kappa shape index (κ1) is 22.0. The third kappa shape index (κ3) is 4.25. The van der Waals surface area contributed by atoms with E-state index < -0.39 is 11.4 Å². The smallest absolute Gasteiger partial charge is 0.348 e. The van der Waals surface area contributed by atoms with E-state index in [1.807, 2.05) is 0 Å². The van der Waals surface area contributed by atoms with E-state index in [9.17, 15) is 9.59 Å². The number of benzene rings is 3. The summed E-state index contributed by atoms with van der Waals surface area (Å²) in [5, 5.41) is 0.904. The summed E-state index contributed by atoms with van der Waals surface area (Å²) in [6.45, 7) is 0. The second kappa shape index (κ2) is 9.12. The number of hydrogen-bond acceptors (Lipinski definition) is 6. The Hall–Kier alpha value is -3.19. The molecule has 0 bridgehead atoms. The van der Waals surface area contributed by atoms with Gasteiger partial charge in [0.15, 0.2) is 5.75 Å². The number of rotatable bonds is 5. The Balaban J connectivity index is 1.64. The van der Waals surface area contributed by atoms with Crippen molar-refractivity contribution in [1.82, 2.24) is 0 Å². The van der Waals surface area contributed by atoms with E-state index in [2.05, 4.69) is 0 Å². The van der Waals surface area contributed by atoms with Gasteiger partial charge in [0.25, 0.3) is 0 Å². The molecule has 0 fully saturated rings. The molecule has 0 saturated carbocycles. The third-order valence-electron chi connectivity index (χ3n) is 4.45. The van der Waals surface area contributed by atoms with Gasteiger partial charge in [-0.2, -0.15) is 0 Å². The number of ether oxygens (including phenoxy) is 3. The van der Waals surface area contributed by atoms with Gasteiger partial charge in [-0.15, -0.1) is 0 Å². The number of para-hydroxylation sites is 1. The van der Waals surface area contributed by atoms with E-state index >= 15 is 0 Å². The van der Waals surface area contributed by atoms with Crippen LogP contribution in [0.2, 0.25) is 15.1 Å². The van der Waals surface area contributed by atoms with Crippen LogP contribution < -0.4 is 19.6 Å². The lowest BCUT2D eigenvalue weighted by Gasteiger charge is -2.12. The van der Waals surface area contributed by atoms with Crippen LogP contribution in [-0.4, -0.2) is 13.1 Å². The fourth-order valence-corrected chi connectivity index (χ4v) is 3.59. The summed E-state index contributed by atoms with van der Waals surface area (Å²) in [5.41, 5.74) is -0.244. The molecule has 0 N–H and O–H groups in total. The molecule has 6 nitrogen and oxygen atoms in total. The largest absolute Gasteiger partial charge is 0.494 e. The SMILES string of the molecule is COc1c(Cl)ccc(Cl)c1C(=O)Oc1ccc2c(=O)c(Oc3ccccc3Cl)coc2c1. The van der Waals surface area contributed by atoms with Crippen LogP contribution in [0.25, 0.3) is 11.0 Å². The maximum atomic E-state index is 12.8. The van der Waals surface area contributed by atoms with Crippen molar-refractivity contribution >= 4 is 51.7 Å². The molecule has 0 aliphatic rings. The van der Waals surface area contributed by atoms with Gasteiger partial charge in [-0.1, -0.05) is 46.9 Å². The zero-order valence-electron chi connectivity index (χ0n) is 16.4. The predicted molar refractivity (Wildman–Crippen MR) is 122 cm³/mol. The summed E-state index contributed by atoms with van der Waals surface area (Å²) in [6.07, 6.45) is 1.16. The van der Waals surface area contributed by atoms with E-state index in [4.69, 9.17) is 53.4 Å². The number of methoxy groups -OCH3 is 1. The molecule has 0 aliphatic carbocycles. The molecule has 0 amide bonds. The van der Waals surface area contributed by atoms with Crippen molar-refractivity contribution in [3.05, 3.63) is 91.7 Å². The lowest BCUT2D eigenvalue weighted by molar-refractivity contribution is 0.0731. The Morgan fingerprint density at radius 1 is 0.906 bits per heavy atom. The molecule has 0 unspecified atom stereocenters. The summed E-state index contributed by atoms with van der Waals surface area (Å²) >= 11 is 18.3. The zero-order chi connectivity index (χ0) is 22.8. The maximum Gasteiger partial charge on any atom is 0.348 e. The molecule has 1 heterocycles. The summed E-state index contributed by atoms with van der Waals surface area (Å²) in [7, 11) is 1.36. The number of carbonyl (C=O) groups excluding carboxylic acids is 1. The lowest BCUT2D eigenvalue weighted by Crippen LogP contribution is -2.11. The Morgan fingerprint density at radius 2 is 1.66 bits per heavy atom. The summed E-state index contributed by atoms with van der Waals surface area (Å²) in [5.74, 6) is -0.277.